The lowest BCUT2D eigenvalue weighted by molar-refractivity contribution is -0.143. The van der Waals surface area contributed by atoms with E-state index in [4.69, 9.17) is 4.74 Å². The summed E-state index contributed by atoms with van der Waals surface area (Å²) in [7, 11) is 0. The third-order valence-corrected chi connectivity index (χ3v) is 12.9. The highest BCUT2D eigenvalue weighted by Gasteiger charge is 2.18. The smallest absolute Gasteiger partial charge is 0.305 e. The first-order chi connectivity index (χ1) is 31.5. The number of rotatable bonds is 52. The van der Waals surface area contributed by atoms with E-state index in [1.165, 1.54) is 218 Å². The van der Waals surface area contributed by atoms with Crippen molar-refractivity contribution in [1.82, 2.24) is 5.32 Å². The molecule has 376 valence electrons. The van der Waals surface area contributed by atoms with Gasteiger partial charge in [0.2, 0.25) is 5.91 Å². The van der Waals surface area contributed by atoms with Gasteiger partial charge in [0.1, 0.15) is 0 Å². The molecule has 6 heteroatoms. The molecule has 0 saturated heterocycles. The SMILES string of the molecule is CCCCCCCC/C=C\CCCCCCCC(=O)OCCCCCCCCCCCCCC/C=C\CCCCCCCCCC(=O)NC(CO)C(O)/C=C/CCCCCCCCC. The second kappa shape index (κ2) is 53.7. The molecule has 1 amide bonds. The number of ether oxygens (including phenoxy) is 1. The van der Waals surface area contributed by atoms with Gasteiger partial charge in [0, 0.05) is 12.8 Å². The fourth-order valence-corrected chi connectivity index (χ4v) is 8.50. The van der Waals surface area contributed by atoms with Gasteiger partial charge >= 0.3 is 5.97 Å². The monoisotopic (exact) mass is 900 g/mol. The highest BCUT2D eigenvalue weighted by molar-refractivity contribution is 5.76. The van der Waals surface area contributed by atoms with Crippen LogP contribution in [0.4, 0.5) is 0 Å². The summed E-state index contributed by atoms with van der Waals surface area (Å²) in [5.41, 5.74) is 0. The molecule has 0 spiro atoms. The Labute approximate surface area is 398 Å². The van der Waals surface area contributed by atoms with Gasteiger partial charge in [-0.3, -0.25) is 9.59 Å². The van der Waals surface area contributed by atoms with Gasteiger partial charge in [-0.25, -0.2) is 0 Å². The summed E-state index contributed by atoms with van der Waals surface area (Å²) in [4.78, 5) is 24.4. The maximum absolute atomic E-state index is 12.4. The van der Waals surface area contributed by atoms with E-state index in [9.17, 15) is 19.8 Å². The standard InChI is InChI=1S/C58H109NO5/c1-3-5-7-9-11-13-14-15-25-29-32-36-40-44-48-52-58(63)64-53-49-45-41-37-33-30-27-24-22-20-18-16-17-19-21-23-26-28-31-35-39-43-47-51-57(62)59-55(54-60)56(61)50-46-42-38-34-12-10-8-6-4-2/h15,19,21,25,46,50,55-56,60-61H,3-14,16-18,20,22-24,26-45,47-49,51-54H2,1-2H3,(H,59,62)/b21-19-,25-15-,50-46+. The van der Waals surface area contributed by atoms with E-state index in [0.29, 0.717) is 19.4 Å². The van der Waals surface area contributed by atoms with Gasteiger partial charge in [-0.1, -0.05) is 237 Å². The van der Waals surface area contributed by atoms with Crippen LogP contribution in [0, 0.1) is 0 Å². The summed E-state index contributed by atoms with van der Waals surface area (Å²) in [5.74, 6) is -0.0749. The first-order valence-electron chi connectivity index (χ1n) is 28.3. The molecule has 3 N–H and O–H groups in total. The Bertz CT molecular complexity index is 1040. The van der Waals surface area contributed by atoms with Crippen LogP contribution in [-0.4, -0.2) is 47.4 Å². The zero-order valence-electron chi connectivity index (χ0n) is 42.8. The summed E-state index contributed by atoms with van der Waals surface area (Å²) in [6, 6.07) is -0.630. The molecule has 2 unspecified atom stereocenters. The molecule has 0 radical (unpaired) electrons. The molecule has 0 aliphatic carbocycles. The number of carbonyl (C=O) groups is 2. The zero-order valence-corrected chi connectivity index (χ0v) is 42.8. The average Bonchev–Trinajstić information content (AvgIpc) is 3.29. The quantitative estimate of drug-likeness (QED) is 0.0321. The number of nitrogens with one attached hydrogen (secondary N) is 1. The molecule has 0 aromatic heterocycles. The number of hydrogen-bond donors (Lipinski definition) is 3. The molecule has 0 aliphatic rings. The second-order valence-electron chi connectivity index (χ2n) is 19.3. The van der Waals surface area contributed by atoms with Crippen LogP contribution in [0.1, 0.15) is 296 Å². The predicted octanol–water partition coefficient (Wildman–Crippen LogP) is 17.2. The third-order valence-electron chi connectivity index (χ3n) is 12.9. The molecule has 0 aliphatic heterocycles. The van der Waals surface area contributed by atoms with Gasteiger partial charge in [0.15, 0.2) is 0 Å². The van der Waals surface area contributed by atoms with E-state index in [-0.39, 0.29) is 18.5 Å². The number of hydrogen-bond acceptors (Lipinski definition) is 5. The third kappa shape index (κ3) is 49.5. The number of allylic oxidation sites excluding steroid dienone is 5. The lowest BCUT2D eigenvalue weighted by Gasteiger charge is -2.20. The summed E-state index contributed by atoms with van der Waals surface area (Å²) in [6.07, 6.45) is 66.0. The Balaban J connectivity index is 3.40. The normalized spacial score (nSPS) is 12.9. The van der Waals surface area contributed by atoms with E-state index in [0.717, 1.165) is 51.4 Å². The van der Waals surface area contributed by atoms with Gasteiger partial charge in [-0.2, -0.15) is 0 Å². The van der Waals surface area contributed by atoms with Crippen molar-refractivity contribution in [2.24, 2.45) is 0 Å². The van der Waals surface area contributed by atoms with E-state index in [1.807, 2.05) is 6.08 Å². The Kier molecular flexibility index (Phi) is 52.1. The maximum Gasteiger partial charge on any atom is 0.305 e. The Hall–Kier alpha value is -1.92. The molecule has 0 rings (SSSR count). The van der Waals surface area contributed by atoms with Crippen molar-refractivity contribution >= 4 is 11.9 Å². The predicted molar refractivity (Wildman–Crippen MR) is 278 cm³/mol. The average molecular weight is 901 g/mol. The molecule has 6 nitrogen and oxygen atoms in total. The molecular formula is C58H109NO5. The van der Waals surface area contributed by atoms with Crippen LogP contribution in [0.2, 0.25) is 0 Å². The van der Waals surface area contributed by atoms with Crippen LogP contribution in [0.25, 0.3) is 0 Å². The molecule has 0 fully saturated rings. The first kappa shape index (κ1) is 62.1. The van der Waals surface area contributed by atoms with Gasteiger partial charge in [0.05, 0.1) is 25.4 Å². The van der Waals surface area contributed by atoms with Gasteiger partial charge in [-0.05, 0) is 83.5 Å². The number of unbranched alkanes of at least 4 members (excludes halogenated alkanes) is 37. The van der Waals surface area contributed by atoms with Gasteiger partial charge < -0.3 is 20.3 Å². The van der Waals surface area contributed by atoms with Gasteiger partial charge in [-0.15, -0.1) is 0 Å². The number of aliphatic hydroxyl groups is 2. The van der Waals surface area contributed by atoms with Crippen molar-refractivity contribution in [3.8, 4) is 0 Å². The minimum Gasteiger partial charge on any atom is -0.466 e. The molecule has 64 heavy (non-hydrogen) atoms. The van der Waals surface area contributed by atoms with Gasteiger partial charge in [0.25, 0.3) is 0 Å². The van der Waals surface area contributed by atoms with Crippen LogP contribution in [-0.2, 0) is 14.3 Å². The minimum absolute atomic E-state index is 0.00249. The Morgan fingerprint density at radius 3 is 1.11 bits per heavy atom. The Morgan fingerprint density at radius 1 is 0.422 bits per heavy atom. The highest BCUT2D eigenvalue weighted by atomic mass is 16.5. The lowest BCUT2D eigenvalue weighted by atomic mass is 10.0. The molecule has 0 aromatic carbocycles. The van der Waals surface area contributed by atoms with Crippen LogP contribution >= 0.6 is 0 Å². The second-order valence-corrected chi connectivity index (χ2v) is 19.3. The molecular weight excluding hydrogens is 791 g/mol. The van der Waals surface area contributed by atoms with E-state index in [2.05, 4.69) is 43.5 Å². The zero-order chi connectivity index (χ0) is 46.5. The number of aliphatic hydroxyl groups excluding tert-OH is 2. The number of esters is 1. The van der Waals surface area contributed by atoms with Crippen LogP contribution < -0.4 is 5.32 Å². The molecule has 0 aromatic rings. The van der Waals surface area contributed by atoms with Crippen LogP contribution in [0.5, 0.6) is 0 Å². The minimum atomic E-state index is -0.846. The summed E-state index contributed by atoms with van der Waals surface area (Å²) in [6.45, 7) is 4.86. The lowest BCUT2D eigenvalue weighted by Crippen LogP contribution is -2.45. The first-order valence-corrected chi connectivity index (χ1v) is 28.3. The maximum atomic E-state index is 12.4. The largest absolute Gasteiger partial charge is 0.466 e. The fraction of sp³-hybridized carbons (Fsp3) is 0.862. The van der Waals surface area contributed by atoms with Crippen molar-refractivity contribution in [1.29, 1.82) is 0 Å². The topological polar surface area (TPSA) is 95.9 Å². The summed E-state index contributed by atoms with van der Waals surface area (Å²) < 4.78 is 5.47. The van der Waals surface area contributed by atoms with E-state index < -0.39 is 12.1 Å². The summed E-state index contributed by atoms with van der Waals surface area (Å²) >= 11 is 0. The van der Waals surface area contributed by atoms with Crippen LogP contribution in [0.15, 0.2) is 36.5 Å². The van der Waals surface area contributed by atoms with Crippen LogP contribution in [0.3, 0.4) is 0 Å². The Morgan fingerprint density at radius 2 is 0.734 bits per heavy atom. The molecule has 0 bridgehead atoms. The van der Waals surface area contributed by atoms with Crippen molar-refractivity contribution in [2.75, 3.05) is 13.2 Å². The van der Waals surface area contributed by atoms with Crippen molar-refractivity contribution in [3.63, 3.8) is 0 Å². The van der Waals surface area contributed by atoms with E-state index >= 15 is 0 Å². The fourth-order valence-electron chi connectivity index (χ4n) is 8.50. The molecule has 0 heterocycles. The number of amides is 1. The molecule has 0 saturated carbocycles. The van der Waals surface area contributed by atoms with Crippen molar-refractivity contribution < 1.29 is 24.5 Å². The highest BCUT2D eigenvalue weighted by Crippen LogP contribution is 2.16. The van der Waals surface area contributed by atoms with Crippen molar-refractivity contribution in [3.05, 3.63) is 36.5 Å². The molecule has 2 atom stereocenters. The van der Waals surface area contributed by atoms with Crippen molar-refractivity contribution in [2.45, 2.75) is 309 Å². The summed E-state index contributed by atoms with van der Waals surface area (Å²) in [5, 5.41) is 22.9. The van der Waals surface area contributed by atoms with E-state index in [1.54, 1.807) is 6.08 Å². The number of carbonyl (C=O) groups excluding carboxylic acids is 2.